The predicted molar refractivity (Wildman–Crippen MR) is 75.8 cm³/mol. The normalized spacial score (nSPS) is 11.3. The maximum absolute atomic E-state index is 13.4. The van der Waals surface area contributed by atoms with Crippen LogP contribution in [0.15, 0.2) is 28.8 Å². The molecule has 23 heavy (non-hydrogen) atoms. The van der Waals surface area contributed by atoms with Crippen molar-refractivity contribution in [2.75, 3.05) is 6.61 Å². The highest BCUT2D eigenvalue weighted by Crippen LogP contribution is 2.19. The number of nitrogens with one attached hydrogen (secondary N) is 1. The fraction of sp³-hybridized carbons (Fsp3) is 0.333. The van der Waals surface area contributed by atoms with E-state index in [1.807, 2.05) is 0 Å². The fourth-order valence-electron chi connectivity index (χ4n) is 1.64. The quantitative estimate of drug-likeness (QED) is 0.848. The maximum Gasteiger partial charge on any atom is 0.273 e. The van der Waals surface area contributed by atoms with Gasteiger partial charge in [-0.1, -0.05) is 5.16 Å². The molecule has 0 saturated carbocycles. The Bertz CT molecular complexity index is 701. The van der Waals surface area contributed by atoms with Crippen molar-refractivity contribution in [2.45, 2.75) is 26.0 Å². The van der Waals surface area contributed by atoms with E-state index in [1.54, 1.807) is 13.8 Å². The summed E-state index contributed by atoms with van der Waals surface area (Å²) < 4.78 is 36.3. The van der Waals surface area contributed by atoms with Gasteiger partial charge in [0.15, 0.2) is 23.0 Å². The number of hydrogen-bond donors (Lipinski definition) is 2. The zero-order chi connectivity index (χ0) is 17.0. The van der Waals surface area contributed by atoms with Crippen molar-refractivity contribution >= 4 is 5.91 Å². The first-order chi connectivity index (χ1) is 10.8. The van der Waals surface area contributed by atoms with Crippen LogP contribution in [0.4, 0.5) is 8.78 Å². The van der Waals surface area contributed by atoms with Gasteiger partial charge in [0.1, 0.15) is 12.4 Å². The Kier molecular flexibility index (Phi) is 4.95. The van der Waals surface area contributed by atoms with Gasteiger partial charge in [-0.3, -0.25) is 4.79 Å². The lowest BCUT2D eigenvalue weighted by Gasteiger charge is -2.22. The first-order valence-electron chi connectivity index (χ1n) is 6.77. The van der Waals surface area contributed by atoms with E-state index in [2.05, 4.69) is 10.5 Å². The van der Waals surface area contributed by atoms with Gasteiger partial charge in [0, 0.05) is 12.1 Å². The molecule has 6 nitrogen and oxygen atoms in total. The highest BCUT2D eigenvalue weighted by atomic mass is 19.1. The minimum Gasteiger partial charge on any atom is -0.482 e. The van der Waals surface area contributed by atoms with E-state index in [1.165, 1.54) is 6.07 Å². The van der Waals surface area contributed by atoms with Crippen molar-refractivity contribution in [3.8, 4) is 5.75 Å². The zero-order valence-electron chi connectivity index (χ0n) is 12.6. The Balaban J connectivity index is 1.98. The van der Waals surface area contributed by atoms with E-state index in [4.69, 9.17) is 14.4 Å². The largest absolute Gasteiger partial charge is 0.482 e. The second-order valence-corrected chi connectivity index (χ2v) is 5.54. The van der Waals surface area contributed by atoms with Gasteiger partial charge in [-0.15, -0.1) is 0 Å². The second kappa shape index (κ2) is 6.74. The fourth-order valence-corrected chi connectivity index (χ4v) is 1.64. The minimum atomic E-state index is -0.841. The summed E-state index contributed by atoms with van der Waals surface area (Å²) in [5.74, 6) is -2.02. The van der Waals surface area contributed by atoms with Gasteiger partial charge in [0.25, 0.3) is 5.91 Å². The van der Waals surface area contributed by atoms with Crippen LogP contribution in [0.2, 0.25) is 0 Å². The molecule has 1 amide bonds. The third-order valence-corrected chi connectivity index (χ3v) is 2.90. The molecule has 0 bridgehead atoms. The topological polar surface area (TPSA) is 84.6 Å². The van der Waals surface area contributed by atoms with E-state index in [9.17, 15) is 13.6 Å². The third-order valence-electron chi connectivity index (χ3n) is 2.90. The molecule has 0 fully saturated rings. The summed E-state index contributed by atoms with van der Waals surface area (Å²) in [5, 5.41) is 15.3. The summed E-state index contributed by atoms with van der Waals surface area (Å²) in [7, 11) is 0. The van der Waals surface area contributed by atoms with Crippen molar-refractivity contribution in [1.82, 2.24) is 10.5 Å². The van der Waals surface area contributed by atoms with Crippen molar-refractivity contribution in [1.29, 1.82) is 0 Å². The molecular formula is C15H16F2N2O4. The first kappa shape index (κ1) is 16.9. The van der Waals surface area contributed by atoms with Gasteiger partial charge in [-0.25, -0.2) is 8.78 Å². The van der Waals surface area contributed by atoms with Gasteiger partial charge in [0.05, 0.1) is 12.1 Å². The van der Waals surface area contributed by atoms with Crippen molar-refractivity contribution in [2.24, 2.45) is 0 Å². The summed E-state index contributed by atoms with van der Waals surface area (Å²) in [6.45, 7) is 2.88. The molecule has 1 aromatic carbocycles. The van der Waals surface area contributed by atoms with Crippen LogP contribution in [0.5, 0.6) is 5.75 Å². The Hall–Kier alpha value is -2.48. The van der Waals surface area contributed by atoms with Crippen molar-refractivity contribution < 1.29 is 27.9 Å². The molecule has 0 aliphatic heterocycles. The van der Waals surface area contributed by atoms with Crippen LogP contribution < -0.4 is 10.1 Å². The Morgan fingerprint density at radius 2 is 2.13 bits per heavy atom. The molecule has 0 atom stereocenters. The summed E-state index contributed by atoms with van der Waals surface area (Å²) >= 11 is 0. The highest BCUT2D eigenvalue weighted by molar-refractivity contribution is 5.92. The lowest BCUT2D eigenvalue weighted by Crippen LogP contribution is -2.46. The molecule has 0 unspecified atom stereocenters. The average molecular weight is 326 g/mol. The third kappa shape index (κ3) is 4.49. The number of hydrogen-bond acceptors (Lipinski definition) is 5. The molecule has 1 aromatic heterocycles. The molecule has 0 aliphatic rings. The number of amides is 1. The maximum atomic E-state index is 13.4. The monoisotopic (exact) mass is 326 g/mol. The average Bonchev–Trinajstić information content (AvgIpc) is 2.95. The summed E-state index contributed by atoms with van der Waals surface area (Å²) in [6, 6.07) is 4.25. The number of aromatic nitrogens is 1. The number of nitrogens with zero attached hydrogens (tertiary/aromatic N) is 1. The van der Waals surface area contributed by atoms with Gasteiger partial charge >= 0.3 is 0 Å². The minimum absolute atomic E-state index is 0.00435. The molecule has 124 valence electrons. The molecule has 0 aliphatic carbocycles. The van der Waals surface area contributed by atoms with E-state index >= 15 is 0 Å². The number of carbonyl (C=O) groups is 1. The van der Waals surface area contributed by atoms with Gasteiger partial charge in [-0.2, -0.15) is 0 Å². The molecular weight excluding hydrogens is 310 g/mol. The summed E-state index contributed by atoms with van der Waals surface area (Å²) in [5.41, 5.74) is -0.797. The van der Waals surface area contributed by atoms with Gasteiger partial charge < -0.3 is 19.7 Å². The first-order valence-corrected chi connectivity index (χ1v) is 6.77. The zero-order valence-corrected chi connectivity index (χ0v) is 12.6. The van der Waals surface area contributed by atoms with Crippen LogP contribution in [0.25, 0.3) is 0 Å². The van der Waals surface area contributed by atoms with E-state index in [-0.39, 0.29) is 30.4 Å². The van der Waals surface area contributed by atoms with E-state index in [0.29, 0.717) is 6.07 Å². The Labute approximate surface area is 131 Å². The molecule has 0 saturated heterocycles. The molecule has 0 radical (unpaired) electrons. The highest BCUT2D eigenvalue weighted by Gasteiger charge is 2.22. The van der Waals surface area contributed by atoms with Crippen LogP contribution in [-0.4, -0.2) is 28.3 Å². The lowest BCUT2D eigenvalue weighted by molar-refractivity contribution is 0.0860. The van der Waals surface area contributed by atoms with Gasteiger partial charge in [-0.05, 0) is 26.0 Å². The number of aliphatic hydroxyl groups is 1. The lowest BCUT2D eigenvalue weighted by atomic mass is 10.1. The second-order valence-electron chi connectivity index (χ2n) is 5.54. The molecule has 0 spiro atoms. The smallest absolute Gasteiger partial charge is 0.273 e. The number of rotatable bonds is 6. The number of benzene rings is 1. The van der Waals surface area contributed by atoms with Gasteiger partial charge in [0.2, 0.25) is 0 Å². The molecule has 2 aromatic rings. The number of halogens is 2. The summed E-state index contributed by atoms with van der Waals surface area (Å²) in [6.07, 6.45) is 0. The standard InChI is InChI=1S/C15H16F2N2O4/c1-15(2,8-20)18-14(21)12-6-10(23-19-12)7-22-13-4-3-9(16)5-11(13)17/h3-6,20H,7-8H2,1-2H3,(H,18,21). The van der Waals surface area contributed by atoms with Crippen LogP contribution in [-0.2, 0) is 6.61 Å². The van der Waals surface area contributed by atoms with Crippen molar-refractivity contribution in [3.05, 3.63) is 47.4 Å². The number of aliphatic hydroxyl groups excluding tert-OH is 1. The summed E-state index contributed by atoms with van der Waals surface area (Å²) in [4.78, 5) is 11.9. The van der Waals surface area contributed by atoms with Crippen LogP contribution in [0, 0.1) is 11.6 Å². The van der Waals surface area contributed by atoms with Crippen LogP contribution >= 0.6 is 0 Å². The molecule has 2 rings (SSSR count). The van der Waals surface area contributed by atoms with Crippen LogP contribution in [0.1, 0.15) is 30.1 Å². The van der Waals surface area contributed by atoms with E-state index in [0.717, 1.165) is 12.1 Å². The Morgan fingerprint density at radius 1 is 1.39 bits per heavy atom. The number of ether oxygens (including phenoxy) is 1. The molecule has 2 N–H and O–H groups in total. The van der Waals surface area contributed by atoms with Crippen molar-refractivity contribution in [3.63, 3.8) is 0 Å². The SMILES string of the molecule is CC(C)(CO)NC(=O)c1cc(COc2ccc(F)cc2F)on1. The molecule has 8 heteroatoms. The predicted octanol–water partition coefficient (Wildman–Crippen LogP) is 2.03. The van der Waals surface area contributed by atoms with Crippen LogP contribution in [0.3, 0.4) is 0 Å². The van der Waals surface area contributed by atoms with E-state index < -0.39 is 23.1 Å². The Morgan fingerprint density at radius 3 is 2.78 bits per heavy atom. The number of carbonyl (C=O) groups excluding carboxylic acids is 1. The molecule has 1 heterocycles.